The van der Waals surface area contributed by atoms with Crippen molar-refractivity contribution < 1.29 is 8.42 Å². The van der Waals surface area contributed by atoms with Gasteiger partial charge in [0.15, 0.2) is 9.84 Å². The van der Waals surface area contributed by atoms with E-state index in [1.165, 1.54) is 0 Å². The van der Waals surface area contributed by atoms with Crippen LogP contribution >= 0.6 is 11.6 Å². The van der Waals surface area contributed by atoms with Crippen LogP contribution in [-0.4, -0.2) is 26.3 Å². The third-order valence-corrected chi connectivity index (χ3v) is 6.42. The van der Waals surface area contributed by atoms with Gasteiger partial charge in [-0.05, 0) is 37.9 Å². The van der Waals surface area contributed by atoms with Gasteiger partial charge < -0.3 is 5.32 Å². The van der Waals surface area contributed by atoms with Crippen LogP contribution < -0.4 is 5.32 Å². The van der Waals surface area contributed by atoms with Crippen molar-refractivity contribution >= 4 is 21.4 Å². The summed E-state index contributed by atoms with van der Waals surface area (Å²) in [7, 11) is -3.34. The van der Waals surface area contributed by atoms with E-state index in [1.54, 1.807) is 24.3 Å². The molecule has 0 heterocycles. The molecule has 1 aliphatic carbocycles. The highest BCUT2D eigenvalue weighted by Gasteiger charge is 2.38. The molecule has 1 fully saturated rings. The maximum absolute atomic E-state index is 12.7. The SMILES string of the molecule is CCCNC1CCCC1S(=O)(=O)c1ccccc1Cl. The zero-order chi connectivity index (χ0) is 13.9. The Morgan fingerprint density at radius 1 is 1.32 bits per heavy atom. The molecule has 1 aromatic carbocycles. The van der Waals surface area contributed by atoms with Crippen LogP contribution in [0.15, 0.2) is 29.2 Å². The molecule has 19 heavy (non-hydrogen) atoms. The molecule has 2 atom stereocenters. The van der Waals surface area contributed by atoms with Crippen LogP contribution in [0.5, 0.6) is 0 Å². The molecule has 0 aliphatic heterocycles. The summed E-state index contributed by atoms with van der Waals surface area (Å²) in [6.45, 7) is 2.94. The standard InChI is InChI=1S/C14H20ClNO2S/c1-2-10-16-12-7-5-9-14(12)19(17,18)13-8-4-3-6-11(13)15/h3-4,6,8,12,14,16H,2,5,7,9-10H2,1H3. The predicted molar refractivity (Wildman–Crippen MR) is 78.4 cm³/mol. The fraction of sp³-hybridized carbons (Fsp3) is 0.571. The quantitative estimate of drug-likeness (QED) is 0.909. The zero-order valence-electron chi connectivity index (χ0n) is 11.1. The minimum Gasteiger partial charge on any atom is -0.313 e. The lowest BCUT2D eigenvalue weighted by Crippen LogP contribution is -2.40. The molecule has 0 aromatic heterocycles. The van der Waals surface area contributed by atoms with Gasteiger partial charge in [-0.1, -0.05) is 37.1 Å². The molecule has 2 rings (SSSR count). The maximum atomic E-state index is 12.7. The summed E-state index contributed by atoms with van der Waals surface area (Å²) < 4.78 is 25.4. The molecular weight excluding hydrogens is 282 g/mol. The van der Waals surface area contributed by atoms with Crippen molar-refractivity contribution in [3.8, 4) is 0 Å². The molecule has 1 N–H and O–H groups in total. The number of hydrogen-bond donors (Lipinski definition) is 1. The summed E-state index contributed by atoms with van der Waals surface area (Å²) in [5, 5.41) is 3.33. The van der Waals surface area contributed by atoms with Crippen molar-refractivity contribution in [3.05, 3.63) is 29.3 Å². The minimum atomic E-state index is -3.34. The van der Waals surface area contributed by atoms with E-state index in [0.29, 0.717) is 5.02 Å². The van der Waals surface area contributed by atoms with Gasteiger partial charge in [-0.15, -0.1) is 0 Å². The van der Waals surface area contributed by atoms with Gasteiger partial charge in [0.25, 0.3) is 0 Å². The Bertz CT molecular complexity index is 530. The molecule has 1 aromatic rings. The normalized spacial score (nSPS) is 23.7. The third-order valence-electron chi connectivity index (χ3n) is 3.65. The average Bonchev–Trinajstić information content (AvgIpc) is 2.85. The van der Waals surface area contributed by atoms with Crippen molar-refractivity contribution in [2.75, 3.05) is 6.54 Å². The van der Waals surface area contributed by atoms with E-state index in [1.807, 2.05) is 0 Å². The average molecular weight is 302 g/mol. The van der Waals surface area contributed by atoms with Crippen LogP contribution in [0.2, 0.25) is 5.02 Å². The number of sulfone groups is 1. The highest BCUT2D eigenvalue weighted by molar-refractivity contribution is 7.92. The summed E-state index contributed by atoms with van der Waals surface area (Å²) in [5.41, 5.74) is 0. The maximum Gasteiger partial charge on any atom is 0.184 e. The molecule has 106 valence electrons. The van der Waals surface area contributed by atoms with Crippen LogP contribution in [0.25, 0.3) is 0 Å². The van der Waals surface area contributed by atoms with Gasteiger partial charge in [0.2, 0.25) is 0 Å². The molecule has 5 heteroatoms. The van der Waals surface area contributed by atoms with Gasteiger partial charge in [-0.25, -0.2) is 8.42 Å². The molecule has 0 amide bonds. The number of hydrogen-bond acceptors (Lipinski definition) is 3. The van der Waals surface area contributed by atoms with E-state index in [0.717, 1.165) is 32.2 Å². The first-order valence-corrected chi connectivity index (χ1v) is 8.71. The van der Waals surface area contributed by atoms with Crippen LogP contribution in [0.3, 0.4) is 0 Å². The van der Waals surface area contributed by atoms with Crippen molar-refractivity contribution in [3.63, 3.8) is 0 Å². The summed E-state index contributed by atoms with van der Waals surface area (Å²) in [5.74, 6) is 0. The molecule has 0 radical (unpaired) electrons. The van der Waals surface area contributed by atoms with Crippen LogP contribution in [-0.2, 0) is 9.84 Å². The lowest BCUT2D eigenvalue weighted by atomic mass is 10.2. The Kier molecular flexibility index (Phi) is 4.87. The molecule has 1 saturated carbocycles. The van der Waals surface area contributed by atoms with E-state index in [4.69, 9.17) is 11.6 Å². The number of rotatable bonds is 5. The number of halogens is 1. The summed E-state index contributed by atoms with van der Waals surface area (Å²) in [4.78, 5) is 0.270. The van der Waals surface area contributed by atoms with E-state index in [9.17, 15) is 8.42 Å². The van der Waals surface area contributed by atoms with Gasteiger partial charge in [-0.2, -0.15) is 0 Å². The van der Waals surface area contributed by atoms with Gasteiger partial charge in [0.1, 0.15) is 0 Å². The summed E-state index contributed by atoms with van der Waals surface area (Å²) in [6, 6.07) is 6.77. The molecule has 3 nitrogen and oxygen atoms in total. The Balaban J connectivity index is 2.26. The summed E-state index contributed by atoms with van der Waals surface area (Å²) in [6.07, 6.45) is 3.61. The fourth-order valence-electron chi connectivity index (χ4n) is 2.70. The predicted octanol–water partition coefficient (Wildman–Crippen LogP) is 3.03. The molecular formula is C14H20ClNO2S. The molecule has 2 unspecified atom stereocenters. The largest absolute Gasteiger partial charge is 0.313 e. The van der Waals surface area contributed by atoms with Gasteiger partial charge in [0, 0.05) is 6.04 Å². The lowest BCUT2D eigenvalue weighted by molar-refractivity contribution is 0.505. The first-order valence-electron chi connectivity index (χ1n) is 6.79. The van der Waals surface area contributed by atoms with E-state index in [2.05, 4.69) is 12.2 Å². The monoisotopic (exact) mass is 301 g/mol. The topological polar surface area (TPSA) is 46.2 Å². The van der Waals surface area contributed by atoms with Gasteiger partial charge in [0.05, 0.1) is 15.2 Å². The Morgan fingerprint density at radius 2 is 2.05 bits per heavy atom. The van der Waals surface area contributed by atoms with Crippen LogP contribution in [0, 0.1) is 0 Å². The minimum absolute atomic E-state index is 0.0567. The van der Waals surface area contributed by atoms with Crippen molar-refractivity contribution in [2.45, 2.75) is 48.8 Å². The highest BCUT2D eigenvalue weighted by atomic mass is 35.5. The van der Waals surface area contributed by atoms with Crippen LogP contribution in [0.1, 0.15) is 32.6 Å². The van der Waals surface area contributed by atoms with Crippen molar-refractivity contribution in [2.24, 2.45) is 0 Å². The second kappa shape index (κ2) is 6.25. The molecule has 1 aliphatic rings. The first-order chi connectivity index (χ1) is 9.07. The number of benzene rings is 1. The van der Waals surface area contributed by atoms with E-state index in [-0.39, 0.29) is 16.2 Å². The van der Waals surface area contributed by atoms with E-state index < -0.39 is 9.84 Å². The van der Waals surface area contributed by atoms with E-state index >= 15 is 0 Å². The number of nitrogens with one attached hydrogen (secondary N) is 1. The zero-order valence-corrected chi connectivity index (χ0v) is 12.7. The summed E-state index contributed by atoms with van der Waals surface area (Å²) >= 11 is 6.04. The fourth-order valence-corrected chi connectivity index (χ4v) is 5.23. The first kappa shape index (κ1) is 14.8. The molecule has 0 saturated heterocycles. The second-order valence-corrected chi connectivity index (χ2v) is 7.55. The van der Waals surface area contributed by atoms with Gasteiger partial charge in [-0.3, -0.25) is 0 Å². The molecule has 0 bridgehead atoms. The van der Waals surface area contributed by atoms with Crippen molar-refractivity contribution in [1.82, 2.24) is 5.32 Å². The molecule has 0 spiro atoms. The smallest absolute Gasteiger partial charge is 0.184 e. The second-order valence-electron chi connectivity index (χ2n) is 5.01. The Labute approximate surface area is 120 Å². The Hall–Kier alpha value is -0.580. The lowest BCUT2D eigenvalue weighted by Gasteiger charge is -2.21. The van der Waals surface area contributed by atoms with Crippen LogP contribution in [0.4, 0.5) is 0 Å². The Morgan fingerprint density at radius 3 is 2.74 bits per heavy atom. The third kappa shape index (κ3) is 3.12. The van der Waals surface area contributed by atoms with Crippen molar-refractivity contribution in [1.29, 1.82) is 0 Å². The van der Waals surface area contributed by atoms with Gasteiger partial charge >= 0.3 is 0 Å². The highest BCUT2D eigenvalue weighted by Crippen LogP contribution is 2.33.